The molecule has 0 aliphatic carbocycles. The van der Waals surface area contributed by atoms with Gasteiger partial charge in [-0.25, -0.2) is 0 Å². The van der Waals surface area contributed by atoms with Crippen LogP contribution < -0.4 is 0 Å². The van der Waals surface area contributed by atoms with E-state index in [4.69, 9.17) is 0 Å². The molecule has 0 aliphatic heterocycles. The molecule has 0 unspecified atom stereocenters. The molecule has 0 radical (unpaired) electrons. The molecule has 0 nitrogen and oxygen atoms in total. The fourth-order valence-electron chi connectivity index (χ4n) is 0.965. The van der Waals surface area contributed by atoms with Crippen molar-refractivity contribution in [2.45, 2.75) is 13.3 Å². The second-order valence-corrected chi connectivity index (χ2v) is 2.62. The molecule has 0 spiro atoms. The number of rotatable bonds is 2. The maximum atomic E-state index is 3.59. The van der Waals surface area contributed by atoms with E-state index >= 15 is 0 Å². The van der Waals surface area contributed by atoms with Gasteiger partial charge in [-0.3, -0.25) is 0 Å². The summed E-state index contributed by atoms with van der Waals surface area (Å²) in [6.45, 7) is 5.64. The van der Waals surface area contributed by atoms with E-state index in [1.807, 2.05) is 25.1 Å². The minimum Gasteiger partial charge on any atom is -0.130 e. The summed E-state index contributed by atoms with van der Waals surface area (Å²) in [6, 6.07) is 10.3. The molecular formula is C11H12. The van der Waals surface area contributed by atoms with Gasteiger partial charge in [0, 0.05) is 6.42 Å². The van der Waals surface area contributed by atoms with Gasteiger partial charge in [0.2, 0.25) is 0 Å². The Morgan fingerprint density at radius 1 is 1.36 bits per heavy atom. The van der Waals surface area contributed by atoms with Gasteiger partial charge in [0.1, 0.15) is 0 Å². The van der Waals surface area contributed by atoms with Crippen LogP contribution in [0, 0.1) is 0 Å². The van der Waals surface area contributed by atoms with Crippen LogP contribution in [0.5, 0.6) is 0 Å². The first kappa shape index (κ1) is 7.84. The summed E-state index contributed by atoms with van der Waals surface area (Å²) in [5.41, 5.74) is 5.39. The highest BCUT2D eigenvalue weighted by molar-refractivity contribution is 5.20. The molecule has 1 aromatic rings. The lowest BCUT2D eigenvalue weighted by Gasteiger charge is -1.97. The maximum absolute atomic E-state index is 3.59. The van der Waals surface area contributed by atoms with Crippen molar-refractivity contribution in [3.63, 3.8) is 0 Å². The third-order valence-electron chi connectivity index (χ3n) is 1.61. The van der Waals surface area contributed by atoms with Crippen molar-refractivity contribution in [3.8, 4) is 0 Å². The Balaban J connectivity index is 2.73. The Hall–Kier alpha value is -1.26. The van der Waals surface area contributed by atoms with E-state index in [2.05, 4.69) is 24.4 Å². The standard InChI is InChI=1S/C11H12/c1-3-10(2)9-11-7-5-4-6-8-11/h4-8H,1,9H2,2H3. The predicted octanol–water partition coefficient (Wildman–Crippen LogP) is 2.96. The Morgan fingerprint density at radius 2 is 2.00 bits per heavy atom. The third-order valence-corrected chi connectivity index (χ3v) is 1.61. The monoisotopic (exact) mass is 144 g/mol. The van der Waals surface area contributed by atoms with Crippen LogP contribution in [0.25, 0.3) is 0 Å². The average Bonchev–Trinajstić information content (AvgIpc) is 2.06. The zero-order valence-electron chi connectivity index (χ0n) is 6.80. The summed E-state index contributed by atoms with van der Waals surface area (Å²) >= 11 is 0. The fourth-order valence-corrected chi connectivity index (χ4v) is 0.965. The van der Waals surface area contributed by atoms with Crippen LogP contribution in [0.4, 0.5) is 0 Å². The summed E-state index contributed by atoms with van der Waals surface area (Å²) in [5.74, 6) is 0. The summed E-state index contributed by atoms with van der Waals surface area (Å²) in [5, 5.41) is 0. The molecule has 0 aromatic heterocycles. The number of hydrogen-bond donors (Lipinski definition) is 0. The van der Waals surface area contributed by atoms with Gasteiger partial charge < -0.3 is 0 Å². The Morgan fingerprint density at radius 3 is 2.55 bits per heavy atom. The van der Waals surface area contributed by atoms with E-state index in [-0.39, 0.29) is 0 Å². The minimum atomic E-state index is 0.963. The van der Waals surface area contributed by atoms with Gasteiger partial charge in [-0.2, -0.15) is 0 Å². The lowest BCUT2D eigenvalue weighted by Crippen LogP contribution is -1.83. The summed E-state index contributed by atoms with van der Waals surface area (Å²) in [7, 11) is 0. The number of benzene rings is 1. The van der Waals surface area contributed by atoms with E-state index in [0.717, 1.165) is 6.42 Å². The molecular weight excluding hydrogens is 132 g/mol. The van der Waals surface area contributed by atoms with E-state index in [0.29, 0.717) is 0 Å². The first-order chi connectivity index (χ1) is 5.33. The van der Waals surface area contributed by atoms with Crippen molar-refractivity contribution in [2.75, 3.05) is 0 Å². The van der Waals surface area contributed by atoms with Crippen molar-refractivity contribution < 1.29 is 0 Å². The highest BCUT2D eigenvalue weighted by Gasteiger charge is 1.90. The van der Waals surface area contributed by atoms with Crippen LogP contribution in [0.1, 0.15) is 12.5 Å². The van der Waals surface area contributed by atoms with Gasteiger partial charge in [0.25, 0.3) is 0 Å². The molecule has 1 rings (SSSR count). The molecule has 0 atom stereocenters. The lowest BCUT2D eigenvalue weighted by molar-refractivity contribution is 1.15. The maximum Gasteiger partial charge on any atom is 0.000612 e. The Bertz CT molecular complexity index is 263. The second kappa shape index (κ2) is 3.80. The Kier molecular flexibility index (Phi) is 2.71. The number of allylic oxidation sites excluding steroid dienone is 1. The van der Waals surface area contributed by atoms with Crippen LogP contribution >= 0.6 is 0 Å². The van der Waals surface area contributed by atoms with Crippen molar-refractivity contribution in [1.82, 2.24) is 0 Å². The van der Waals surface area contributed by atoms with E-state index in [9.17, 15) is 0 Å². The average molecular weight is 144 g/mol. The van der Waals surface area contributed by atoms with Crippen LogP contribution in [0.2, 0.25) is 0 Å². The molecule has 0 amide bonds. The minimum absolute atomic E-state index is 0.963. The topological polar surface area (TPSA) is 0 Å². The quantitative estimate of drug-likeness (QED) is 0.560. The summed E-state index contributed by atoms with van der Waals surface area (Å²) in [4.78, 5) is 0. The van der Waals surface area contributed by atoms with E-state index < -0.39 is 0 Å². The summed E-state index contributed by atoms with van der Waals surface area (Å²) in [6.07, 6.45) is 0.963. The van der Waals surface area contributed by atoms with Gasteiger partial charge in [-0.15, -0.1) is 5.73 Å². The van der Waals surface area contributed by atoms with Gasteiger partial charge in [-0.1, -0.05) is 36.9 Å². The molecule has 0 heteroatoms. The zero-order chi connectivity index (χ0) is 8.10. The molecule has 11 heavy (non-hydrogen) atoms. The molecule has 1 aromatic carbocycles. The van der Waals surface area contributed by atoms with Crippen molar-refractivity contribution in [2.24, 2.45) is 0 Å². The molecule has 0 saturated carbocycles. The van der Waals surface area contributed by atoms with Gasteiger partial charge >= 0.3 is 0 Å². The van der Waals surface area contributed by atoms with Crippen molar-refractivity contribution in [1.29, 1.82) is 0 Å². The van der Waals surface area contributed by atoms with Crippen LogP contribution in [-0.2, 0) is 6.42 Å². The predicted molar refractivity (Wildman–Crippen MR) is 48.5 cm³/mol. The molecule has 0 bridgehead atoms. The Labute approximate surface area is 67.9 Å². The molecule has 0 fully saturated rings. The van der Waals surface area contributed by atoms with Gasteiger partial charge in [-0.05, 0) is 18.1 Å². The fraction of sp³-hybridized carbons (Fsp3) is 0.182. The highest BCUT2D eigenvalue weighted by atomic mass is 13.9. The molecule has 56 valence electrons. The van der Waals surface area contributed by atoms with Crippen LogP contribution in [-0.4, -0.2) is 0 Å². The SMILES string of the molecule is C=C=C(C)Cc1ccccc1. The highest BCUT2D eigenvalue weighted by Crippen LogP contribution is 2.04. The first-order valence-corrected chi connectivity index (χ1v) is 3.72. The zero-order valence-corrected chi connectivity index (χ0v) is 6.80. The third kappa shape index (κ3) is 2.45. The molecule has 0 N–H and O–H groups in total. The smallest absolute Gasteiger partial charge is 0.000612 e. The number of hydrogen-bond acceptors (Lipinski definition) is 0. The molecule has 0 aliphatic rings. The molecule has 0 saturated heterocycles. The van der Waals surface area contributed by atoms with Crippen LogP contribution in [0.3, 0.4) is 0 Å². The second-order valence-electron chi connectivity index (χ2n) is 2.62. The largest absolute Gasteiger partial charge is 0.130 e. The first-order valence-electron chi connectivity index (χ1n) is 3.72. The summed E-state index contributed by atoms with van der Waals surface area (Å²) < 4.78 is 0. The van der Waals surface area contributed by atoms with E-state index in [1.54, 1.807) is 0 Å². The van der Waals surface area contributed by atoms with Crippen molar-refractivity contribution in [3.05, 3.63) is 53.8 Å². The van der Waals surface area contributed by atoms with Gasteiger partial charge in [0.05, 0.1) is 0 Å². The molecule has 0 heterocycles. The van der Waals surface area contributed by atoms with Crippen molar-refractivity contribution >= 4 is 0 Å². The van der Waals surface area contributed by atoms with E-state index in [1.165, 1.54) is 11.1 Å². The van der Waals surface area contributed by atoms with Crippen LogP contribution in [0.15, 0.2) is 48.2 Å². The lowest BCUT2D eigenvalue weighted by atomic mass is 10.1. The normalized spacial score (nSPS) is 8.82. The van der Waals surface area contributed by atoms with Gasteiger partial charge in [0.15, 0.2) is 0 Å².